The average molecular weight is 407 g/mol. The minimum Gasteiger partial charge on any atom is -0.411 e. The van der Waals surface area contributed by atoms with Gasteiger partial charge in [-0.3, -0.25) is 0 Å². The molecule has 5 atom stereocenters. The van der Waals surface area contributed by atoms with Crippen molar-refractivity contribution in [2.24, 2.45) is 11.8 Å². The molecule has 1 aliphatic rings. The predicted octanol–water partition coefficient (Wildman–Crippen LogP) is 4.53. The van der Waals surface area contributed by atoms with E-state index in [1.807, 2.05) is 30.3 Å². The van der Waals surface area contributed by atoms with E-state index in [1.54, 1.807) is 6.08 Å². The quantitative estimate of drug-likeness (QED) is 0.516. The third kappa shape index (κ3) is 4.95. The standard InChI is InChI=1S/C23H38O4Si/c1-8-19-21(26-15-18-12-10-9-11-13-18)20(17(2)14-23(19,25)16-24)27-28(6,7)22(3,4)5/h8-13,17,19-21,24-25H,1,14-16H2,2-7H3/t17-,19+,20-,21-,23+/m1/s1. The van der Waals surface area contributed by atoms with Crippen molar-refractivity contribution < 1.29 is 19.4 Å². The summed E-state index contributed by atoms with van der Waals surface area (Å²) in [5.74, 6) is -0.338. The van der Waals surface area contributed by atoms with E-state index in [0.717, 1.165) is 5.56 Å². The van der Waals surface area contributed by atoms with Crippen LogP contribution in [-0.2, 0) is 15.8 Å². The molecule has 0 aliphatic heterocycles. The van der Waals surface area contributed by atoms with Gasteiger partial charge in [0.2, 0.25) is 0 Å². The molecular weight excluding hydrogens is 368 g/mol. The first-order valence-corrected chi connectivity index (χ1v) is 13.1. The SMILES string of the molecule is C=C[C@H]1[C@@H](OCc2ccccc2)[C@H](O[Si](C)(C)C(C)(C)C)[C@H](C)C[C@]1(O)CO. The summed E-state index contributed by atoms with van der Waals surface area (Å²) in [6, 6.07) is 10.0. The topological polar surface area (TPSA) is 58.9 Å². The van der Waals surface area contributed by atoms with Gasteiger partial charge in [0.25, 0.3) is 0 Å². The molecule has 0 radical (unpaired) electrons. The van der Waals surface area contributed by atoms with Gasteiger partial charge in [-0.15, -0.1) is 6.58 Å². The Hall–Kier alpha value is -0.983. The Morgan fingerprint density at radius 2 is 1.82 bits per heavy atom. The fourth-order valence-electron chi connectivity index (χ4n) is 3.83. The first kappa shape index (κ1) is 23.3. The van der Waals surface area contributed by atoms with Crippen molar-refractivity contribution in [1.29, 1.82) is 0 Å². The fourth-order valence-corrected chi connectivity index (χ4v) is 5.23. The second-order valence-electron chi connectivity index (χ2n) is 9.81. The van der Waals surface area contributed by atoms with Crippen molar-refractivity contribution in [1.82, 2.24) is 0 Å². The van der Waals surface area contributed by atoms with Crippen molar-refractivity contribution in [3.05, 3.63) is 48.6 Å². The third-order valence-electron chi connectivity index (χ3n) is 6.58. The molecule has 28 heavy (non-hydrogen) atoms. The van der Waals surface area contributed by atoms with E-state index >= 15 is 0 Å². The molecule has 0 heterocycles. The van der Waals surface area contributed by atoms with Gasteiger partial charge in [0, 0.05) is 5.92 Å². The Morgan fingerprint density at radius 1 is 1.21 bits per heavy atom. The molecule has 0 saturated heterocycles. The molecule has 0 amide bonds. The molecule has 1 saturated carbocycles. The summed E-state index contributed by atoms with van der Waals surface area (Å²) >= 11 is 0. The van der Waals surface area contributed by atoms with E-state index in [9.17, 15) is 10.2 Å². The Bertz CT molecular complexity index is 640. The Kier molecular flexibility index (Phi) is 7.32. The lowest BCUT2D eigenvalue weighted by molar-refractivity contribution is -0.186. The highest BCUT2D eigenvalue weighted by Crippen LogP contribution is 2.45. The Balaban J connectivity index is 2.34. The van der Waals surface area contributed by atoms with Crippen molar-refractivity contribution in [2.75, 3.05) is 6.61 Å². The van der Waals surface area contributed by atoms with Crippen LogP contribution in [0.2, 0.25) is 18.1 Å². The highest BCUT2D eigenvalue weighted by Gasteiger charge is 2.53. The highest BCUT2D eigenvalue weighted by atomic mass is 28.4. The number of aliphatic hydroxyl groups is 2. The summed E-state index contributed by atoms with van der Waals surface area (Å²) < 4.78 is 13.2. The minimum absolute atomic E-state index is 0.0586. The molecule has 2 rings (SSSR count). The second kappa shape index (κ2) is 8.80. The minimum atomic E-state index is -2.04. The molecule has 158 valence electrons. The normalized spacial score (nSPS) is 31.6. The number of benzene rings is 1. The summed E-state index contributed by atoms with van der Waals surface area (Å²) in [7, 11) is -2.04. The Labute approximate surface area is 171 Å². The molecule has 2 N–H and O–H groups in total. The molecule has 1 aromatic carbocycles. The predicted molar refractivity (Wildman–Crippen MR) is 117 cm³/mol. The lowest BCUT2D eigenvalue weighted by atomic mass is 9.68. The van der Waals surface area contributed by atoms with Crippen LogP contribution in [-0.4, -0.2) is 42.9 Å². The lowest BCUT2D eigenvalue weighted by Gasteiger charge is -2.52. The van der Waals surface area contributed by atoms with Gasteiger partial charge < -0.3 is 19.4 Å². The van der Waals surface area contributed by atoms with Crippen molar-refractivity contribution in [3.8, 4) is 0 Å². The van der Waals surface area contributed by atoms with E-state index in [2.05, 4.69) is 47.4 Å². The van der Waals surface area contributed by atoms with Gasteiger partial charge in [0.05, 0.1) is 31.0 Å². The second-order valence-corrected chi connectivity index (χ2v) is 14.6. The van der Waals surface area contributed by atoms with E-state index in [0.29, 0.717) is 13.0 Å². The summed E-state index contributed by atoms with van der Waals surface area (Å²) in [5, 5.41) is 21.1. The number of ether oxygens (including phenoxy) is 1. The van der Waals surface area contributed by atoms with E-state index in [4.69, 9.17) is 9.16 Å². The maximum Gasteiger partial charge on any atom is 0.192 e. The maximum atomic E-state index is 11.1. The van der Waals surface area contributed by atoms with Crippen molar-refractivity contribution in [3.63, 3.8) is 0 Å². The molecule has 0 spiro atoms. The van der Waals surface area contributed by atoms with Crippen LogP contribution in [0, 0.1) is 11.8 Å². The molecular formula is C23H38O4Si. The molecule has 0 aromatic heterocycles. The largest absolute Gasteiger partial charge is 0.411 e. The van der Waals surface area contributed by atoms with Crippen molar-refractivity contribution >= 4 is 8.32 Å². The van der Waals surface area contributed by atoms with Gasteiger partial charge in [-0.05, 0) is 36.0 Å². The number of rotatable bonds is 7. The number of hydrogen-bond acceptors (Lipinski definition) is 4. The van der Waals surface area contributed by atoms with Crippen LogP contribution in [0.25, 0.3) is 0 Å². The van der Waals surface area contributed by atoms with Gasteiger partial charge in [0.15, 0.2) is 8.32 Å². The first-order chi connectivity index (χ1) is 12.9. The summed E-state index contributed by atoms with van der Waals surface area (Å²) in [5.41, 5.74) is -0.169. The summed E-state index contributed by atoms with van der Waals surface area (Å²) in [6.07, 6.45) is 1.66. The smallest absolute Gasteiger partial charge is 0.192 e. The van der Waals surface area contributed by atoms with Crippen LogP contribution in [0.4, 0.5) is 0 Å². The summed E-state index contributed by atoms with van der Waals surface area (Å²) in [4.78, 5) is 0. The first-order valence-electron chi connectivity index (χ1n) is 10.2. The van der Waals surface area contributed by atoms with Crippen LogP contribution in [0.5, 0.6) is 0 Å². The van der Waals surface area contributed by atoms with Gasteiger partial charge in [0.1, 0.15) is 0 Å². The average Bonchev–Trinajstić information content (AvgIpc) is 2.62. The highest BCUT2D eigenvalue weighted by molar-refractivity contribution is 6.74. The van der Waals surface area contributed by atoms with Gasteiger partial charge in [-0.2, -0.15) is 0 Å². The molecule has 0 unspecified atom stereocenters. The van der Waals surface area contributed by atoms with Crippen LogP contribution in [0.3, 0.4) is 0 Å². The van der Waals surface area contributed by atoms with Crippen LogP contribution < -0.4 is 0 Å². The third-order valence-corrected chi connectivity index (χ3v) is 11.1. The number of hydrogen-bond donors (Lipinski definition) is 2. The lowest BCUT2D eigenvalue weighted by Crippen LogP contribution is -2.61. The molecule has 4 nitrogen and oxygen atoms in total. The van der Waals surface area contributed by atoms with Crippen LogP contribution in [0.1, 0.15) is 39.7 Å². The Morgan fingerprint density at radius 3 is 2.32 bits per heavy atom. The monoisotopic (exact) mass is 406 g/mol. The molecule has 1 fully saturated rings. The molecule has 5 heteroatoms. The molecule has 1 aromatic rings. The zero-order chi connectivity index (χ0) is 21.2. The fraction of sp³-hybridized carbons (Fsp3) is 0.652. The number of aliphatic hydroxyl groups excluding tert-OH is 1. The van der Waals surface area contributed by atoms with Gasteiger partial charge in [-0.1, -0.05) is 64.1 Å². The van der Waals surface area contributed by atoms with E-state index in [-0.39, 0.29) is 29.8 Å². The van der Waals surface area contributed by atoms with Crippen LogP contribution >= 0.6 is 0 Å². The van der Waals surface area contributed by atoms with Crippen LogP contribution in [0.15, 0.2) is 43.0 Å². The van der Waals surface area contributed by atoms with Gasteiger partial charge >= 0.3 is 0 Å². The van der Waals surface area contributed by atoms with Gasteiger partial charge in [-0.25, -0.2) is 0 Å². The van der Waals surface area contributed by atoms with E-state index < -0.39 is 19.8 Å². The van der Waals surface area contributed by atoms with Crippen molar-refractivity contribution in [2.45, 2.75) is 76.7 Å². The van der Waals surface area contributed by atoms with E-state index in [1.165, 1.54) is 0 Å². The summed E-state index contributed by atoms with van der Waals surface area (Å²) in [6.45, 7) is 17.3. The molecule has 0 bridgehead atoms. The maximum absolute atomic E-state index is 11.1. The zero-order valence-electron chi connectivity index (χ0n) is 18.3. The zero-order valence-corrected chi connectivity index (χ0v) is 19.3. The molecule has 1 aliphatic carbocycles.